The average Bonchev–Trinajstić information content (AvgIpc) is 2.57. The molecule has 0 aromatic carbocycles. The maximum Gasteiger partial charge on any atom is 0.137 e. The molecule has 0 aliphatic carbocycles. The van der Waals surface area contributed by atoms with Crippen LogP contribution in [-0.4, -0.2) is 21.7 Å². The van der Waals surface area contributed by atoms with Crippen molar-refractivity contribution >= 4 is 11.0 Å². The molecule has 0 saturated carbocycles. The number of rotatable bonds is 1. The predicted molar refractivity (Wildman–Crippen MR) is 59.4 cm³/mol. The van der Waals surface area contributed by atoms with Crippen LogP contribution in [0.25, 0.3) is 11.0 Å². The minimum absolute atomic E-state index is 0.103. The molecular formula is C12H12N2O. The highest BCUT2D eigenvalue weighted by atomic mass is 16.2. The molecule has 0 bridgehead atoms. The quantitative estimate of drug-likeness (QED) is 0.687. The Morgan fingerprint density at radius 3 is 3.13 bits per heavy atom. The Hall–Kier alpha value is -1.79. The van der Waals surface area contributed by atoms with E-state index in [0.29, 0.717) is 6.42 Å². The van der Waals surface area contributed by atoms with Gasteiger partial charge in [-0.3, -0.25) is 0 Å². The van der Waals surface area contributed by atoms with E-state index in [1.165, 1.54) is 0 Å². The second kappa shape index (κ2) is 4.16. The van der Waals surface area contributed by atoms with E-state index in [4.69, 9.17) is 5.11 Å². The second-order valence-electron chi connectivity index (χ2n) is 3.39. The molecule has 2 N–H and O–H groups in total. The van der Waals surface area contributed by atoms with Crippen molar-refractivity contribution in [2.75, 3.05) is 6.61 Å². The van der Waals surface area contributed by atoms with Gasteiger partial charge >= 0.3 is 0 Å². The molecule has 15 heavy (non-hydrogen) atoms. The Morgan fingerprint density at radius 2 is 2.33 bits per heavy atom. The van der Waals surface area contributed by atoms with Crippen molar-refractivity contribution < 1.29 is 5.11 Å². The standard InChI is InChI=1S/C12H12N2O/c1-9-6-11-7-10(4-2-3-5-15)8-13-12(11)14-9/h6-8,15H,3,5H2,1H3,(H,13,14). The van der Waals surface area contributed by atoms with Gasteiger partial charge in [-0.25, -0.2) is 4.98 Å². The number of aromatic nitrogens is 2. The Kier molecular flexibility index (Phi) is 2.70. The van der Waals surface area contributed by atoms with Gasteiger partial charge in [-0.1, -0.05) is 11.8 Å². The third-order valence-corrected chi connectivity index (χ3v) is 2.07. The van der Waals surface area contributed by atoms with Crippen LogP contribution in [0.4, 0.5) is 0 Å². The highest BCUT2D eigenvalue weighted by Crippen LogP contribution is 2.13. The van der Waals surface area contributed by atoms with Crippen LogP contribution in [-0.2, 0) is 0 Å². The molecule has 0 unspecified atom stereocenters. The van der Waals surface area contributed by atoms with E-state index < -0.39 is 0 Å². The second-order valence-corrected chi connectivity index (χ2v) is 3.39. The van der Waals surface area contributed by atoms with Crippen LogP contribution in [0.2, 0.25) is 0 Å². The molecule has 0 atom stereocenters. The van der Waals surface area contributed by atoms with Gasteiger partial charge in [0.2, 0.25) is 0 Å². The maximum atomic E-state index is 8.60. The molecule has 2 heterocycles. The molecular weight excluding hydrogens is 188 g/mol. The Labute approximate surface area is 88.2 Å². The summed E-state index contributed by atoms with van der Waals surface area (Å²) in [6, 6.07) is 4.04. The van der Waals surface area contributed by atoms with Gasteiger partial charge in [0.25, 0.3) is 0 Å². The van der Waals surface area contributed by atoms with Crippen molar-refractivity contribution in [1.82, 2.24) is 9.97 Å². The molecule has 2 rings (SSSR count). The van der Waals surface area contributed by atoms with Crippen LogP contribution in [0.15, 0.2) is 18.3 Å². The summed E-state index contributed by atoms with van der Waals surface area (Å²) in [7, 11) is 0. The number of hydrogen-bond acceptors (Lipinski definition) is 2. The van der Waals surface area contributed by atoms with Crippen LogP contribution in [0.1, 0.15) is 17.7 Å². The molecule has 0 aliphatic rings. The average molecular weight is 200 g/mol. The van der Waals surface area contributed by atoms with E-state index >= 15 is 0 Å². The summed E-state index contributed by atoms with van der Waals surface area (Å²) < 4.78 is 0. The number of aromatic amines is 1. The fourth-order valence-corrected chi connectivity index (χ4v) is 1.44. The molecule has 0 fully saturated rings. The van der Waals surface area contributed by atoms with Gasteiger partial charge in [-0.2, -0.15) is 0 Å². The summed E-state index contributed by atoms with van der Waals surface area (Å²) in [5.41, 5.74) is 2.87. The fourth-order valence-electron chi connectivity index (χ4n) is 1.44. The summed E-state index contributed by atoms with van der Waals surface area (Å²) in [5, 5.41) is 9.67. The number of H-pyrrole nitrogens is 1. The first kappa shape index (κ1) is 9.75. The molecule has 0 radical (unpaired) electrons. The molecule has 76 valence electrons. The van der Waals surface area contributed by atoms with E-state index in [9.17, 15) is 0 Å². The lowest BCUT2D eigenvalue weighted by molar-refractivity contribution is 0.305. The minimum Gasteiger partial charge on any atom is -0.395 e. The molecule has 0 amide bonds. The van der Waals surface area contributed by atoms with E-state index in [2.05, 4.69) is 21.8 Å². The topological polar surface area (TPSA) is 48.9 Å². The van der Waals surface area contributed by atoms with Crippen molar-refractivity contribution in [2.24, 2.45) is 0 Å². The number of pyridine rings is 1. The lowest BCUT2D eigenvalue weighted by Crippen LogP contribution is -1.81. The monoisotopic (exact) mass is 200 g/mol. The summed E-state index contributed by atoms with van der Waals surface area (Å²) in [5.74, 6) is 5.83. The maximum absolute atomic E-state index is 8.60. The first-order chi connectivity index (χ1) is 7.29. The van der Waals surface area contributed by atoms with Crippen LogP contribution < -0.4 is 0 Å². The fraction of sp³-hybridized carbons (Fsp3) is 0.250. The van der Waals surface area contributed by atoms with Crippen molar-refractivity contribution in [3.8, 4) is 11.8 Å². The van der Waals surface area contributed by atoms with Crippen molar-refractivity contribution in [3.05, 3.63) is 29.6 Å². The first-order valence-corrected chi connectivity index (χ1v) is 4.84. The normalized spacial score (nSPS) is 10.0. The Morgan fingerprint density at radius 1 is 1.47 bits per heavy atom. The summed E-state index contributed by atoms with van der Waals surface area (Å²) >= 11 is 0. The third-order valence-electron chi connectivity index (χ3n) is 2.07. The van der Waals surface area contributed by atoms with Gasteiger partial charge in [0, 0.05) is 29.3 Å². The van der Waals surface area contributed by atoms with E-state index in [1.807, 2.05) is 19.1 Å². The summed E-state index contributed by atoms with van der Waals surface area (Å²) in [6.45, 7) is 2.10. The molecule has 3 heteroatoms. The minimum atomic E-state index is 0.103. The first-order valence-electron chi connectivity index (χ1n) is 4.84. The van der Waals surface area contributed by atoms with Crippen molar-refractivity contribution in [1.29, 1.82) is 0 Å². The summed E-state index contributed by atoms with van der Waals surface area (Å²) in [6.07, 6.45) is 2.24. The van der Waals surface area contributed by atoms with Crippen molar-refractivity contribution in [3.63, 3.8) is 0 Å². The number of fused-ring (bicyclic) bond motifs is 1. The largest absolute Gasteiger partial charge is 0.395 e. The Balaban J connectivity index is 2.35. The van der Waals surface area contributed by atoms with Crippen LogP contribution in [0.3, 0.4) is 0 Å². The van der Waals surface area contributed by atoms with E-state index in [-0.39, 0.29) is 6.61 Å². The predicted octanol–water partition coefficient (Wildman–Crippen LogP) is 1.61. The number of nitrogens with zero attached hydrogens (tertiary/aromatic N) is 1. The highest BCUT2D eigenvalue weighted by molar-refractivity contribution is 5.77. The van der Waals surface area contributed by atoms with Gasteiger partial charge < -0.3 is 10.1 Å². The Bertz CT molecular complexity index is 531. The van der Waals surface area contributed by atoms with Gasteiger partial charge in [-0.15, -0.1) is 0 Å². The number of aliphatic hydroxyl groups excluding tert-OH is 1. The lowest BCUT2D eigenvalue weighted by Gasteiger charge is -1.90. The molecule has 0 spiro atoms. The number of nitrogens with one attached hydrogen (secondary N) is 1. The zero-order chi connectivity index (χ0) is 10.7. The van der Waals surface area contributed by atoms with Crippen LogP contribution in [0, 0.1) is 18.8 Å². The van der Waals surface area contributed by atoms with Crippen molar-refractivity contribution in [2.45, 2.75) is 13.3 Å². The van der Waals surface area contributed by atoms with Gasteiger partial charge in [0.05, 0.1) is 6.61 Å². The SMILES string of the molecule is Cc1cc2cc(C#CCCO)cnc2[nH]1. The molecule has 2 aromatic rings. The van der Waals surface area contributed by atoms with Gasteiger partial charge in [0.15, 0.2) is 0 Å². The molecule has 2 aromatic heterocycles. The third kappa shape index (κ3) is 2.17. The van der Waals surface area contributed by atoms with Gasteiger partial charge in [0.1, 0.15) is 5.65 Å². The number of hydrogen-bond donors (Lipinski definition) is 2. The number of aryl methyl sites for hydroxylation is 1. The zero-order valence-electron chi connectivity index (χ0n) is 8.54. The van der Waals surface area contributed by atoms with E-state index in [0.717, 1.165) is 22.3 Å². The summed E-state index contributed by atoms with van der Waals surface area (Å²) in [4.78, 5) is 7.41. The van der Waals surface area contributed by atoms with E-state index in [1.54, 1.807) is 6.20 Å². The zero-order valence-corrected chi connectivity index (χ0v) is 8.54. The van der Waals surface area contributed by atoms with Crippen LogP contribution in [0.5, 0.6) is 0 Å². The molecule has 0 aliphatic heterocycles. The van der Waals surface area contributed by atoms with Gasteiger partial charge in [-0.05, 0) is 19.1 Å². The lowest BCUT2D eigenvalue weighted by atomic mass is 10.2. The molecule has 0 saturated heterocycles. The smallest absolute Gasteiger partial charge is 0.137 e. The highest BCUT2D eigenvalue weighted by Gasteiger charge is 1.98. The number of aliphatic hydroxyl groups is 1. The molecule has 3 nitrogen and oxygen atoms in total. The van der Waals surface area contributed by atoms with Crippen LogP contribution >= 0.6 is 0 Å².